The van der Waals surface area contributed by atoms with Crippen LogP contribution in [0.25, 0.3) is 11.0 Å². The fraction of sp³-hybridized carbons (Fsp3) is 0.294. The van der Waals surface area contributed by atoms with Crippen LogP contribution >= 0.6 is 0 Å². The van der Waals surface area contributed by atoms with Crippen LogP contribution in [0, 0.1) is 0 Å². The van der Waals surface area contributed by atoms with E-state index in [1.807, 2.05) is 18.2 Å². The second-order valence-electron chi connectivity index (χ2n) is 5.27. The first kappa shape index (κ1) is 15.3. The van der Waals surface area contributed by atoms with Crippen molar-refractivity contribution in [3.8, 4) is 0 Å². The van der Waals surface area contributed by atoms with Crippen LogP contribution in [0.1, 0.15) is 28.9 Å². The van der Waals surface area contributed by atoms with Gasteiger partial charge in [-0.2, -0.15) is 0 Å². The van der Waals surface area contributed by atoms with Crippen LogP contribution in [0.5, 0.6) is 0 Å². The molecule has 0 fully saturated rings. The summed E-state index contributed by atoms with van der Waals surface area (Å²) in [5, 5.41) is 2.89. The minimum absolute atomic E-state index is 0.160. The maximum absolute atomic E-state index is 12.1. The second-order valence-corrected chi connectivity index (χ2v) is 5.27. The quantitative estimate of drug-likeness (QED) is 0.729. The van der Waals surface area contributed by atoms with Gasteiger partial charge in [0.05, 0.1) is 23.1 Å². The number of imidazole rings is 1. The van der Waals surface area contributed by atoms with Gasteiger partial charge in [0.2, 0.25) is 0 Å². The van der Waals surface area contributed by atoms with E-state index in [1.165, 1.54) is 6.26 Å². The molecule has 0 bridgehead atoms. The third-order valence-corrected chi connectivity index (χ3v) is 3.80. The number of fused-ring (bicyclic) bond motifs is 1. The summed E-state index contributed by atoms with van der Waals surface area (Å²) in [6.07, 6.45) is 2.11. The van der Waals surface area contributed by atoms with Crippen molar-refractivity contribution >= 4 is 16.9 Å². The number of nitrogens with zero attached hydrogens (tertiary/aromatic N) is 2. The molecule has 1 aromatic carbocycles. The molecule has 0 unspecified atom stereocenters. The highest BCUT2D eigenvalue weighted by atomic mass is 16.3. The molecule has 3 rings (SSSR count). The fourth-order valence-electron chi connectivity index (χ4n) is 2.67. The van der Waals surface area contributed by atoms with E-state index in [9.17, 15) is 4.79 Å². The number of nitrogens with two attached hydrogens (primary N) is 1. The number of rotatable bonds is 6. The first-order valence-electron chi connectivity index (χ1n) is 7.72. The summed E-state index contributed by atoms with van der Waals surface area (Å²) in [7, 11) is 0. The SMILES string of the molecule is CCn1c(CCNC(=O)c2coc(CN)c2)nc2ccccc21. The van der Waals surface area contributed by atoms with Crippen molar-refractivity contribution in [3.05, 3.63) is 53.7 Å². The number of carbonyl (C=O) groups is 1. The van der Waals surface area contributed by atoms with Gasteiger partial charge in [-0.25, -0.2) is 4.98 Å². The van der Waals surface area contributed by atoms with Gasteiger partial charge in [0.15, 0.2) is 0 Å². The Morgan fingerprint density at radius 3 is 2.96 bits per heavy atom. The van der Waals surface area contributed by atoms with Crippen molar-refractivity contribution in [3.63, 3.8) is 0 Å². The Morgan fingerprint density at radius 1 is 1.39 bits per heavy atom. The van der Waals surface area contributed by atoms with Gasteiger partial charge in [-0.05, 0) is 25.1 Å². The number of furan rings is 1. The number of para-hydroxylation sites is 2. The Labute approximate surface area is 134 Å². The van der Waals surface area contributed by atoms with Crippen molar-refractivity contribution in [2.75, 3.05) is 6.54 Å². The molecule has 0 radical (unpaired) electrons. The minimum atomic E-state index is -0.160. The van der Waals surface area contributed by atoms with Crippen LogP contribution in [-0.4, -0.2) is 22.0 Å². The number of hydrogen-bond acceptors (Lipinski definition) is 4. The molecular formula is C17H20N4O2. The molecule has 23 heavy (non-hydrogen) atoms. The number of benzene rings is 1. The van der Waals surface area contributed by atoms with E-state index in [4.69, 9.17) is 10.2 Å². The van der Waals surface area contributed by atoms with Crippen LogP contribution < -0.4 is 11.1 Å². The van der Waals surface area contributed by atoms with Gasteiger partial charge in [0.1, 0.15) is 17.8 Å². The number of aryl methyl sites for hydroxylation is 1. The molecule has 0 aliphatic heterocycles. The van der Waals surface area contributed by atoms with Gasteiger partial charge in [-0.1, -0.05) is 12.1 Å². The summed E-state index contributed by atoms with van der Waals surface area (Å²) in [4.78, 5) is 16.7. The highest BCUT2D eigenvalue weighted by Gasteiger charge is 2.11. The van der Waals surface area contributed by atoms with E-state index < -0.39 is 0 Å². The Morgan fingerprint density at radius 2 is 2.22 bits per heavy atom. The van der Waals surface area contributed by atoms with Crippen LogP contribution in [0.2, 0.25) is 0 Å². The largest absolute Gasteiger partial charge is 0.467 e. The summed E-state index contributed by atoms with van der Waals surface area (Å²) < 4.78 is 7.35. The first-order chi connectivity index (χ1) is 11.2. The molecule has 0 saturated heterocycles. The number of carbonyl (C=O) groups excluding carboxylic acids is 1. The zero-order valence-electron chi connectivity index (χ0n) is 13.1. The standard InChI is InChI=1S/C17H20N4O2/c1-2-21-15-6-4-3-5-14(15)20-16(21)7-8-19-17(22)12-9-13(10-18)23-11-12/h3-6,9,11H,2,7-8,10,18H2,1H3,(H,19,22). The third-order valence-electron chi connectivity index (χ3n) is 3.80. The van der Waals surface area contributed by atoms with Crippen molar-refractivity contribution in [1.82, 2.24) is 14.9 Å². The lowest BCUT2D eigenvalue weighted by Gasteiger charge is -2.06. The molecule has 0 atom stereocenters. The lowest BCUT2D eigenvalue weighted by atomic mass is 10.3. The maximum atomic E-state index is 12.1. The number of nitrogens with one attached hydrogen (secondary N) is 1. The summed E-state index contributed by atoms with van der Waals surface area (Å²) in [6.45, 7) is 3.75. The molecular weight excluding hydrogens is 292 g/mol. The molecule has 3 N–H and O–H groups in total. The molecule has 0 spiro atoms. The molecule has 6 heteroatoms. The lowest BCUT2D eigenvalue weighted by Crippen LogP contribution is -2.26. The normalized spacial score (nSPS) is 11.0. The second kappa shape index (κ2) is 6.66. The van der Waals surface area contributed by atoms with Crippen molar-refractivity contribution < 1.29 is 9.21 Å². The summed E-state index contributed by atoms with van der Waals surface area (Å²) >= 11 is 0. The lowest BCUT2D eigenvalue weighted by molar-refractivity contribution is 0.0953. The summed E-state index contributed by atoms with van der Waals surface area (Å²) in [5.41, 5.74) is 8.07. The van der Waals surface area contributed by atoms with E-state index in [2.05, 4.69) is 27.9 Å². The highest BCUT2D eigenvalue weighted by molar-refractivity contribution is 5.93. The third kappa shape index (κ3) is 3.12. The van der Waals surface area contributed by atoms with Crippen LogP contribution in [0.4, 0.5) is 0 Å². The molecule has 0 aliphatic rings. The smallest absolute Gasteiger partial charge is 0.254 e. The minimum Gasteiger partial charge on any atom is -0.467 e. The molecule has 2 heterocycles. The van der Waals surface area contributed by atoms with Crippen molar-refractivity contribution in [1.29, 1.82) is 0 Å². The average Bonchev–Trinajstić information content (AvgIpc) is 3.18. The van der Waals surface area contributed by atoms with E-state index in [-0.39, 0.29) is 12.5 Å². The van der Waals surface area contributed by atoms with Crippen LogP contribution in [0.3, 0.4) is 0 Å². The molecule has 2 aromatic heterocycles. The van der Waals surface area contributed by atoms with E-state index in [0.717, 1.165) is 23.4 Å². The van der Waals surface area contributed by atoms with Gasteiger partial charge in [-0.15, -0.1) is 0 Å². The fourth-order valence-corrected chi connectivity index (χ4v) is 2.67. The molecule has 3 aromatic rings. The molecule has 120 valence electrons. The molecule has 1 amide bonds. The zero-order chi connectivity index (χ0) is 16.2. The van der Waals surface area contributed by atoms with Gasteiger partial charge in [-0.3, -0.25) is 4.79 Å². The van der Waals surface area contributed by atoms with Crippen LogP contribution in [-0.2, 0) is 19.5 Å². The topological polar surface area (TPSA) is 86.1 Å². The zero-order valence-corrected chi connectivity index (χ0v) is 13.1. The first-order valence-corrected chi connectivity index (χ1v) is 7.72. The monoisotopic (exact) mass is 312 g/mol. The Bertz CT molecular complexity index is 819. The maximum Gasteiger partial charge on any atom is 0.254 e. The molecule has 6 nitrogen and oxygen atoms in total. The van der Waals surface area contributed by atoms with Crippen molar-refractivity contribution in [2.45, 2.75) is 26.4 Å². The number of aromatic nitrogens is 2. The van der Waals surface area contributed by atoms with Crippen molar-refractivity contribution in [2.24, 2.45) is 5.73 Å². The predicted molar refractivity (Wildman–Crippen MR) is 88.0 cm³/mol. The number of amides is 1. The Kier molecular flexibility index (Phi) is 4.43. The highest BCUT2D eigenvalue weighted by Crippen LogP contribution is 2.16. The average molecular weight is 312 g/mol. The van der Waals surface area contributed by atoms with Gasteiger partial charge >= 0.3 is 0 Å². The van der Waals surface area contributed by atoms with Gasteiger partial charge < -0.3 is 20.0 Å². The Hall–Kier alpha value is -2.60. The Balaban J connectivity index is 1.65. The van der Waals surface area contributed by atoms with Gasteiger partial charge in [0.25, 0.3) is 5.91 Å². The van der Waals surface area contributed by atoms with E-state index >= 15 is 0 Å². The molecule has 0 aliphatic carbocycles. The summed E-state index contributed by atoms with van der Waals surface area (Å²) in [6, 6.07) is 9.72. The number of hydrogen-bond donors (Lipinski definition) is 2. The summed E-state index contributed by atoms with van der Waals surface area (Å²) in [5.74, 6) is 1.42. The predicted octanol–water partition coefficient (Wildman–Crippen LogP) is 2.08. The van der Waals surface area contributed by atoms with Crippen LogP contribution in [0.15, 0.2) is 41.0 Å². The molecule has 0 saturated carbocycles. The van der Waals surface area contributed by atoms with Gasteiger partial charge in [0, 0.05) is 19.5 Å². The van der Waals surface area contributed by atoms with E-state index in [1.54, 1.807) is 6.07 Å². The van der Waals surface area contributed by atoms with E-state index in [0.29, 0.717) is 24.3 Å².